The molecule has 1 atom stereocenters. The van der Waals surface area contributed by atoms with E-state index in [0.29, 0.717) is 5.70 Å². The molecule has 1 aromatic rings. The minimum Gasteiger partial charge on any atom is -0.291 e. The molecule has 0 saturated heterocycles. The standard InChI is InChI=1S/C18H27N3O4S/c1-12(2)16-17(26(24,25)15-10-8-7-9-11-15)19-18(13(3)4,21(22)23)20(16)14(5)6/h7-14,19H,1-6H3. The van der Waals surface area contributed by atoms with Crippen LogP contribution in [0.2, 0.25) is 0 Å². The summed E-state index contributed by atoms with van der Waals surface area (Å²) in [5.74, 6) is -2.37. The van der Waals surface area contributed by atoms with Crippen LogP contribution < -0.4 is 5.32 Å². The summed E-state index contributed by atoms with van der Waals surface area (Å²) in [4.78, 5) is 13.5. The average Bonchev–Trinajstić information content (AvgIpc) is 2.94. The van der Waals surface area contributed by atoms with Crippen molar-refractivity contribution in [1.29, 1.82) is 0 Å². The average molecular weight is 381 g/mol. The lowest BCUT2D eigenvalue weighted by Gasteiger charge is -2.39. The van der Waals surface area contributed by atoms with Crippen LogP contribution in [-0.2, 0) is 9.84 Å². The quantitative estimate of drug-likeness (QED) is 0.601. The molecule has 1 N–H and O–H groups in total. The Balaban J connectivity index is 2.80. The molecule has 0 fully saturated rings. The predicted molar refractivity (Wildman–Crippen MR) is 100 cm³/mol. The number of nitrogens with one attached hydrogen (secondary N) is 1. The molecule has 0 aromatic heterocycles. The van der Waals surface area contributed by atoms with Gasteiger partial charge in [-0.1, -0.05) is 45.9 Å². The second-order valence-corrected chi connectivity index (χ2v) is 9.30. The van der Waals surface area contributed by atoms with Gasteiger partial charge in [0.25, 0.3) is 0 Å². The Kier molecular flexibility index (Phi) is 5.37. The molecule has 2 rings (SSSR count). The Bertz CT molecular complexity index is 816. The molecule has 0 saturated carbocycles. The first-order valence-electron chi connectivity index (χ1n) is 8.74. The fourth-order valence-corrected chi connectivity index (χ4v) is 5.13. The Hall–Kier alpha value is -2.09. The van der Waals surface area contributed by atoms with Crippen LogP contribution in [0.4, 0.5) is 0 Å². The summed E-state index contributed by atoms with van der Waals surface area (Å²) in [6.07, 6.45) is 0. The maximum absolute atomic E-state index is 13.3. The van der Waals surface area contributed by atoms with Gasteiger partial charge in [0, 0.05) is 6.04 Å². The van der Waals surface area contributed by atoms with Crippen LogP contribution in [0.3, 0.4) is 0 Å². The third kappa shape index (κ3) is 2.96. The molecule has 7 nitrogen and oxygen atoms in total. The zero-order valence-corrected chi connectivity index (χ0v) is 16.9. The van der Waals surface area contributed by atoms with Crippen LogP contribution >= 0.6 is 0 Å². The molecular formula is C18H27N3O4S. The molecule has 1 heterocycles. The number of rotatable bonds is 6. The smallest absolute Gasteiger partial charge is 0.291 e. The van der Waals surface area contributed by atoms with Gasteiger partial charge in [0.05, 0.1) is 21.4 Å². The van der Waals surface area contributed by atoms with E-state index < -0.39 is 26.5 Å². The van der Waals surface area contributed by atoms with E-state index in [-0.39, 0.29) is 21.9 Å². The highest BCUT2D eigenvalue weighted by molar-refractivity contribution is 7.95. The fraction of sp³-hybridized carbons (Fsp3) is 0.556. The van der Waals surface area contributed by atoms with Crippen molar-refractivity contribution in [2.45, 2.75) is 58.3 Å². The maximum atomic E-state index is 13.3. The van der Waals surface area contributed by atoms with Gasteiger partial charge < -0.3 is 0 Å². The van der Waals surface area contributed by atoms with Crippen molar-refractivity contribution in [3.63, 3.8) is 0 Å². The van der Waals surface area contributed by atoms with Gasteiger partial charge in [0.2, 0.25) is 9.84 Å². The van der Waals surface area contributed by atoms with Crippen LogP contribution in [0, 0.1) is 22.0 Å². The van der Waals surface area contributed by atoms with Gasteiger partial charge >= 0.3 is 5.79 Å². The minimum atomic E-state index is -3.91. The van der Waals surface area contributed by atoms with Gasteiger partial charge in [-0.3, -0.25) is 20.3 Å². The van der Waals surface area contributed by atoms with Crippen LogP contribution in [0.5, 0.6) is 0 Å². The second-order valence-electron chi connectivity index (χ2n) is 7.41. The van der Waals surface area contributed by atoms with E-state index in [2.05, 4.69) is 5.32 Å². The van der Waals surface area contributed by atoms with E-state index in [1.54, 1.807) is 36.9 Å². The van der Waals surface area contributed by atoms with Gasteiger partial charge in [-0.2, -0.15) is 0 Å². The van der Waals surface area contributed by atoms with Crippen molar-refractivity contribution in [2.75, 3.05) is 0 Å². The summed E-state index contributed by atoms with van der Waals surface area (Å²) in [7, 11) is -3.91. The monoisotopic (exact) mass is 381 g/mol. The molecule has 8 heteroatoms. The summed E-state index contributed by atoms with van der Waals surface area (Å²) < 4.78 is 26.6. The van der Waals surface area contributed by atoms with Crippen LogP contribution in [-0.4, -0.2) is 30.1 Å². The van der Waals surface area contributed by atoms with Crippen LogP contribution in [0.1, 0.15) is 41.5 Å². The Labute approximate surface area is 155 Å². The maximum Gasteiger partial charge on any atom is 0.378 e. The molecular weight excluding hydrogens is 354 g/mol. The molecule has 1 aromatic carbocycles. The molecule has 26 heavy (non-hydrogen) atoms. The zero-order chi connectivity index (χ0) is 19.9. The number of allylic oxidation sites excluding steroid dienone is 1. The van der Waals surface area contributed by atoms with Crippen LogP contribution in [0.25, 0.3) is 0 Å². The lowest BCUT2D eigenvalue weighted by atomic mass is 10.0. The molecule has 1 aliphatic heterocycles. The molecule has 1 unspecified atom stereocenters. The highest BCUT2D eigenvalue weighted by atomic mass is 32.2. The zero-order valence-electron chi connectivity index (χ0n) is 16.1. The van der Waals surface area contributed by atoms with Crippen molar-refractivity contribution in [3.8, 4) is 0 Å². The van der Waals surface area contributed by atoms with Crippen LogP contribution in [0.15, 0.2) is 46.0 Å². The van der Waals surface area contributed by atoms with Gasteiger partial charge in [0.15, 0.2) is 5.03 Å². The first kappa shape index (κ1) is 20.2. The summed E-state index contributed by atoms with van der Waals surface area (Å²) >= 11 is 0. The van der Waals surface area contributed by atoms with E-state index in [9.17, 15) is 18.5 Å². The van der Waals surface area contributed by atoms with Crippen molar-refractivity contribution in [1.82, 2.24) is 10.2 Å². The molecule has 0 radical (unpaired) electrons. The Morgan fingerprint density at radius 1 is 1.08 bits per heavy atom. The lowest BCUT2D eigenvalue weighted by Crippen LogP contribution is -2.64. The Morgan fingerprint density at radius 3 is 2.00 bits per heavy atom. The van der Waals surface area contributed by atoms with Gasteiger partial charge in [-0.15, -0.1) is 0 Å². The largest absolute Gasteiger partial charge is 0.378 e. The summed E-state index contributed by atoms with van der Waals surface area (Å²) in [6, 6.07) is 7.76. The van der Waals surface area contributed by atoms with E-state index in [0.717, 1.165) is 0 Å². The summed E-state index contributed by atoms with van der Waals surface area (Å²) in [6.45, 7) is 10.8. The molecule has 0 bridgehead atoms. The second kappa shape index (κ2) is 6.90. The molecule has 144 valence electrons. The third-order valence-corrected chi connectivity index (χ3v) is 6.37. The first-order chi connectivity index (χ1) is 12.0. The van der Waals surface area contributed by atoms with Gasteiger partial charge in [-0.05, 0) is 31.9 Å². The fourth-order valence-electron chi connectivity index (χ4n) is 3.49. The van der Waals surface area contributed by atoms with E-state index in [1.165, 1.54) is 12.1 Å². The number of nitrogens with zero attached hydrogens (tertiary/aromatic N) is 2. The number of hydrogen-bond acceptors (Lipinski definition) is 6. The number of nitro groups is 1. The number of sulfone groups is 1. The first-order valence-corrected chi connectivity index (χ1v) is 10.2. The minimum absolute atomic E-state index is 0.0715. The summed E-state index contributed by atoms with van der Waals surface area (Å²) in [5, 5.41) is 14.9. The van der Waals surface area contributed by atoms with E-state index in [1.807, 2.05) is 27.7 Å². The molecule has 0 spiro atoms. The van der Waals surface area contributed by atoms with Crippen molar-refractivity contribution in [3.05, 3.63) is 51.2 Å². The van der Waals surface area contributed by atoms with Crippen molar-refractivity contribution >= 4 is 9.84 Å². The highest BCUT2D eigenvalue weighted by Gasteiger charge is 2.61. The Morgan fingerprint density at radius 2 is 1.62 bits per heavy atom. The predicted octanol–water partition coefficient (Wildman–Crippen LogP) is 3.19. The van der Waals surface area contributed by atoms with Gasteiger partial charge in [-0.25, -0.2) is 8.42 Å². The van der Waals surface area contributed by atoms with Gasteiger partial charge in [0.1, 0.15) is 0 Å². The SMILES string of the molecule is CC(C)C1=C(S(=O)(=O)c2ccccc2)NC(C(C)C)([N+](=O)[O-])N1C(C)C. The summed E-state index contributed by atoms with van der Waals surface area (Å²) in [5.41, 5.74) is 0.453. The number of hydrogen-bond donors (Lipinski definition) is 1. The van der Waals surface area contributed by atoms with E-state index >= 15 is 0 Å². The molecule has 0 aliphatic carbocycles. The van der Waals surface area contributed by atoms with Crippen molar-refractivity contribution in [2.24, 2.45) is 11.8 Å². The third-order valence-electron chi connectivity index (χ3n) is 4.63. The molecule has 1 aliphatic rings. The normalized spacial score (nSPS) is 21.0. The lowest BCUT2D eigenvalue weighted by molar-refractivity contribution is -0.615. The van der Waals surface area contributed by atoms with E-state index in [4.69, 9.17) is 0 Å². The highest BCUT2D eigenvalue weighted by Crippen LogP contribution is 2.42. The van der Waals surface area contributed by atoms with Crippen molar-refractivity contribution < 1.29 is 13.3 Å². The number of benzene rings is 1. The molecule has 0 amide bonds. The topological polar surface area (TPSA) is 92.5 Å².